The average Bonchev–Trinajstić information content (AvgIpc) is 2.89. The molecular weight excluding hydrogens is 266 g/mol. The Labute approximate surface area is 127 Å². The number of morpholine rings is 1. The van der Waals surface area contributed by atoms with E-state index in [9.17, 15) is 0 Å². The highest BCUT2D eigenvalue weighted by Crippen LogP contribution is 2.23. The molecule has 1 unspecified atom stereocenters. The van der Waals surface area contributed by atoms with Crippen LogP contribution < -0.4 is 5.32 Å². The van der Waals surface area contributed by atoms with Crippen LogP contribution in [0.1, 0.15) is 33.0 Å². The molecule has 6 heteroatoms. The molecule has 6 nitrogen and oxygen atoms in total. The van der Waals surface area contributed by atoms with E-state index in [0.29, 0.717) is 6.04 Å². The van der Waals surface area contributed by atoms with E-state index in [2.05, 4.69) is 41.1 Å². The van der Waals surface area contributed by atoms with Crippen LogP contribution >= 0.6 is 0 Å². The third-order valence-electron chi connectivity index (χ3n) is 4.51. The quantitative estimate of drug-likeness (QED) is 0.808. The smallest absolute Gasteiger partial charge is 0.138 e. The molecule has 0 aromatic carbocycles. The molecule has 1 aromatic rings. The second kappa shape index (κ2) is 7.33. The number of rotatable bonds is 7. The maximum Gasteiger partial charge on any atom is 0.138 e. The van der Waals surface area contributed by atoms with E-state index in [0.717, 1.165) is 51.5 Å². The molecule has 1 N–H and O–H groups in total. The number of aromatic nitrogens is 3. The lowest BCUT2D eigenvalue weighted by atomic mass is 9.89. The van der Waals surface area contributed by atoms with E-state index in [1.165, 1.54) is 0 Å². The Hall–Kier alpha value is -0.980. The minimum absolute atomic E-state index is 0.0604. The van der Waals surface area contributed by atoms with Crippen LogP contribution in [0, 0.1) is 0 Å². The van der Waals surface area contributed by atoms with Crippen molar-refractivity contribution in [3.05, 3.63) is 12.2 Å². The molecule has 1 fully saturated rings. The molecule has 2 rings (SSSR count). The van der Waals surface area contributed by atoms with Gasteiger partial charge in [-0.25, -0.2) is 4.98 Å². The van der Waals surface area contributed by atoms with Crippen LogP contribution in [0.3, 0.4) is 0 Å². The summed E-state index contributed by atoms with van der Waals surface area (Å²) >= 11 is 0. The number of hydrogen-bond donors (Lipinski definition) is 1. The summed E-state index contributed by atoms with van der Waals surface area (Å²) in [6.07, 6.45) is 3.66. The number of hydrogen-bond acceptors (Lipinski definition) is 5. The lowest BCUT2D eigenvalue weighted by Crippen LogP contribution is -2.61. The summed E-state index contributed by atoms with van der Waals surface area (Å²) in [5.41, 5.74) is 0.0604. The highest BCUT2D eigenvalue weighted by Gasteiger charge is 2.36. The second-order valence-corrected chi connectivity index (χ2v) is 6.26. The third kappa shape index (κ3) is 4.02. The van der Waals surface area contributed by atoms with Crippen molar-refractivity contribution in [2.75, 3.05) is 32.8 Å². The van der Waals surface area contributed by atoms with Gasteiger partial charge in [0.25, 0.3) is 0 Å². The molecular formula is C15H29N5O. The molecule has 0 bridgehead atoms. The van der Waals surface area contributed by atoms with E-state index in [1.807, 2.05) is 11.7 Å². The molecule has 1 aliphatic rings. The number of ether oxygens (including phenoxy) is 1. The summed E-state index contributed by atoms with van der Waals surface area (Å²) < 4.78 is 7.36. The Morgan fingerprint density at radius 1 is 1.38 bits per heavy atom. The molecule has 1 atom stereocenters. The van der Waals surface area contributed by atoms with Gasteiger partial charge < -0.3 is 10.1 Å². The summed E-state index contributed by atoms with van der Waals surface area (Å²) in [7, 11) is 1.96. The van der Waals surface area contributed by atoms with Crippen molar-refractivity contribution in [2.24, 2.45) is 7.05 Å². The van der Waals surface area contributed by atoms with E-state index in [4.69, 9.17) is 4.74 Å². The van der Waals surface area contributed by atoms with Crippen LogP contribution in [0.25, 0.3) is 0 Å². The SMILES string of the molecule is CCCNC(Cc1ncnn1C)C(C)(C)N1CCOCC1. The Bertz CT molecular complexity index is 425. The number of nitrogens with zero attached hydrogens (tertiary/aromatic N) is 4. The van der Waals surface area contributed by atoms with Gasteiger partial charge in [-0.05, 0) is 26.8 Å². The van der Waals surface area contributed by atoms with Gasteiger partial charge in [-0.3, -0.25) is 9.58 Å². The first-order valence-electron chi connectivity index (χ1n) is 7.94. The van der Waals surface area contributed by atoms with Crippen LogP contribution in [-0.4, -0.2) is 64.1 Å². The van der Waals surface area contributed by atoms with Gasteiger partial charge in [0.1, 0.15) is 12.2 Å². The number of aryl methyl sites for hydroxylation is 1. The molecule has 21 heavy (non-hydrogen) atoms. The fourth-order valence-electron chi connectivity index (χ4n) is 2.94. The summed E-state index contributed by atoms with van der Waals surface area (Å²) in [6, 6.07) is 0.346. The van der Waals surface area contributed by atoms with Crippen molar-refractivity contribution in [3.8, 4) is 0 Å². The molecule has 0 spiro atoms. The first-order valence-corrected chi connectivity index (χ1v) is 7.94. The molecule has 120 valence electrons. The Kier molecular flexibility index (Phi) is 5.72. The van der Waals surface area contributed by atoms with Crippen LogP contribution in [-0.2, 0) is 18.2 Å². The minimum atomic E-state index is 0.0604. The highest BCUT2D eigenvalue weighted by molar-refractivity contribution is 5.00. The molecule has 1 aromatic heterocycles. The average molecular weight is 295 g/mol. The zero-order valence-corrected chi connectivity index (χ0v) is 13.8. The molecule has 1 saturated heterocycles. The van der Waals surface area contributed by atoms with Crippen molar-refractivity contribution in [1.29, 1.82) is 0 Å². The zero-order valence-electron chi connectivity index (χ0n) is 13.8. The Morgan fingerprint density at radius 3 is 2.67 bits per heavy atom. The summed E-state index contributed by atoms with van der Waals surface area (Å²) in [5.74, 6) is 1.03. The Morgan fingerprint density at radius 2 is 2.10 bits per heavy atom. The fraction of sp³-hybridized carbons (Fsp3) is 0.867. The van der Waals surface area contributed by atoms with Gasteiger partial charge >= 0.3 is 0 Å². The van der Waals surface area contributed by atoms with Crippen molar-refractivity contribution in [3.63, 3.8) is 0 Å². The first-order chi connectivity index (χ1) is 10.1. The van der Waals surface area contributed by atoms with Crippen molar-refractivity contribution >= 4 is 0 Å². The number of nitrogens with one attached hydrogen (secondary N) is 1. The summed E-state index contributed by atoms with van der Waals surface area (Å²) in [6.45, 7) is 11.5. The second-order valence-electron chi connectivity index (χ2n) is 6.26. The predicted molar refractivity (Wildman–Crippen MR) is 83.3 cm³/mol. The summed E-state index contributed by atoms with van der Waals surface area (Å²) in [5, 5.41) is 7.90. The third-order valence-corrected chi connectivity index (χ3v) is 4.51. The van der Waals surface area contributed by atoms with Crippen molar-refractivity contribution < 1.29 is 4.74 Å². The molecule has 1 aliphatic heterocycles. The van der Waals surface area contributed by atoms with E-state index in [-0.39, 0.29) is 5.54 Å². The lowest BCUT2D eigenvalue weighted by molar-refractivity contribution is -0.0235. The van der Waals surface area contributed by atoms with E-state index < -0.39 is 0 Å². The topological polar surface area (TPSA) is 55.2 Å². The van der Waals surface area contributed by atoms with Gasteiger partial charge in [0, 0.05) is 38.1 Å². The molecule has 2 heterocycles. The van der Waals surface area contributed by atoms with Gasteiger partial charge in [0.2, 0.25) is 0 Å². The maximum absolute atomic E-state index is 5.49. The predicted octanol–water partition coefficient (Wildman–Crippen LogP) is 0.837. The Balaban J connectivity index is 2.11. The standard InChI is InChI=1S/C15H29N5O/c1-5-6-16-13(11-14-17-12-18-19(14)4)15(2,3)20-7-9-21-10-8-20/h12-13,16H,5-11H2,1-4H3. The van der Waals surface area contributed by atoms with Crippen LogP contribution in [0.4, 0.5) is 0 Å². The van der Waals surface area contributed by atoms with Gasteiger partial charge in [0.05, 0.1) is 13.2 Å². The van der Waals surface area contributed by atoms with E-state index in [1.54, 1.807) is 6.33 Å². The van der Waals surface area contributed by atoms with Crippen LogP contribution in [0.5, 0.6) is 0 Å². The van der Waals surface area contributed by atoms with E-state index >= 15 is 0 Å². The van der Waals surface area contributed by atoms with Crippen LogP contribution in [0.15, 0.2) is 6.33 Å². The minimum Gasteiger partial charge on any atom is -0.379 e. The normalized spacial score (nSPS) is 18.9. The van der Waals surface area contributed by atoms with Crippen LogP contribution in [0.2, 0.25) is 0 Å². The zero-order chi connectivity index (χ0) is 15.3. The highest BCUT2D eigenvalue weighted by atomic mass is 16.5. The van der Waals surface area contributed by atoms with Gasteiger partial charge in [0.15, 0.2) is 0 Å². The largest absolute Gasteiger partial charge is 0.379 e. The lowest BCUT2D eigenvalue weighted by Gasteiger charge is -2.46. The van der Waals surface area contributed by atoms with Gasteiger partial charge in [-0.15, -0.1) is 0 Å². The van der Waals surface area contributed by atoms with Gasteiger partial charge in [-0.2, -0.15) is 5.10 Å². The van der Waals surface area contributed by atoms with Crippen molar-refractivity contribution in [1.82, 2.24) is 25.0 Å². The molecule has 0 aliphatic carbocycles. The fourth-order valence-corrected chi connectivity index (χ4v) is 2.94. The molecule has 0 saturated carbocycles. The molecule has 0 radical (unpaired) electrons. The van der Waals surface area contributed by atoms with Crippen molar-refractivity contribution in [2.45, 2.75) is 45.2 Å². The maximum atomic E-state index is 5.49. The van der Waals surface area contributed by atoms with Gasteiger partial charge in [-0.1, -0.05) is 6.92 Å². The first kappa shape index (κ1) is 16.4. The summed E-state index contributed by atoms with van der Waals surface area (Å²) in [4.78, 5) is 6.92. The monoisotopic (exact) mass is 295 g/mol. The molecule has 0 amide bonds.